The average Bonchev–Trinajstić information content (AvgIpc) is 3.16. The minimum absolute atomic E-state index is 0.129. The Hall–Kier alpha value is -3.02. The molecule has 1 fully saturated rings. The Morgan fingerprint density at radius 3 is 2.41 bits per heavy atom. The van der Waals surface area contributed by atoms with E-state index in [-0.39, 0.29) is 17.9 Å². The zero-order valence-corrected chi connectivity index (χ0v) is 17.2. The third-order valence-corrected chi connectivity index (χ3v) is 5.28. The van der Waals surface area contributed by atoms with Gasteiger partial charge < -0.3 is 19.7 Å². The molecular formula is C23H28N2O4. The molecule has 3 rings (SSSR count). The quantitative estimate of drug-likeness (QED) is 0.739. The van der Waals surface area contributed by atoms with Gasteiger partial charge in [0.1, 0.15) is 0 Å². The number of carbonyl (C=O) groups is 2. The van der Waals surface area contributed by atoms with E-state index in [1.807, 2.05) is 54.3 Å². The maximum absolute atomic E-state index is 12.7. The van der Waals surface area contributed by atoms with Crippen LogP contribution in [0.4, 0.5) is 0 Å². The molecule has 0 radical (unpaired) electrons. The molecule has 2 amide bonds. The molecule has 154 valence electrons. The first-order chi connectivity index (χ1) is 14.0. The highest BCUT2D eigenvalue weighted by Gasteiger charge is 2.20. The number of likely N-dealkylation sites (tertiary alicyclic amines) is 1. The van der Waals surface area contributed by atoms with E-state index in [2.05, 4.69) is 5.32 Å². The molecule has 0 spiro atoms. The second kappa shape index (κ2) is 9.45. The molecule has 1 aliphatic rings. The van der Waals surface area contributed by atoms with Crippen LogP contribution in [0.1, 0.15) is 53.7 Å². The molecule has 1 saturated heterocycles. The average molecular weight is 396 g/mol. The highest BCUT2D eigenvalue weighted by Crippen LogP contribution is 2.31. The van der Waals surface area contributed by atoms with Crippen LogP contribution in [0.2, 0.25) is 0 Å². The molecule has 1 heterocycles. The van der Waals surface area contributed by atoms with Crippen molar-refractivity contribution in [2.24, 2.45) is 0 Å². The Labute approximate surface area is 171 Å². The van der Waals surface area contributed by atoms with E-state index in [9.17, 15) is 9.59 Å². The Balaban J connectivity index is 1.67. The summed E-state index contributed by atoms with van der Waals surface area (Å²) in [6, 6.07) is 13.0. The van der Waals surface area contributed by atoms with Gasteiger partial charge in [0.15, 0.2) is 11.5 Å². The standard InChI is InChI=1S/C23H28N2O4/c1-4-19(18-11-12-20(28-2)21(14-18)29-3)24-23(27)17-9-7-16(8-10-17)15-25-13-5-6-22(25)26/h7-12,14,19H,4-6,13,15H2,1-3H3,(H,24,27)/t19-/m0/s1. The van der Waals surface area contributed by atoms with Crippen molar-refractivity contribution in [3.63, 3.8) is 0 Å². The van der Waals surface area contributed by atoms with Crippen molar-refractivity contribution in [3.05, 3.63) is 59.2 Å². The van der Waals surface area contributed by atoms with Crippen LogP contribution >= 0.6 is 0 Å². The van der Waals surface area contributed by atoms with Gasteiger partial charge in [0.05, 0.1) is 20.3 Å². The van der Waals surface area contributed by atoms with E-state index < -0.39 is 0 Å². The summed E-state index contributed by atoms with van der Waals surface area (Å²) in [5, 5.41) is 3.09. The monoisotopic (exact) mass is 396 g/mol. The molecule has 2 aromatic rings. The molecule has 0 unspecified atom stereocenters. The molecule has 1 aliphatic heterocycles. The van der Waals surface area contributed by atoms with Crippen molar-refractivity contribution in [2.45, 2.75) is 38.8 Å². The zero-order valence-electron chi connectivity index (χ0n) is 17.2. The number of amides is 2. The van der Waals surface area contributed by atoms with Crippen LogP contribution in [-0.2, 0) is 11.3 Å². The summed E-state index contributed by atoms with van der Waals surface area (Å²) in [6.07, 6.45) is 2.30. The van der Waals surface area contributed by atoms with Crippen LogP contribution in [0.25, 0.3) is 0 Å². The van der Waals surface area contributed by atoms with E-state index in [1.54, 1.807) is 14.2 Å². The Bertz CT molecular complexity index is 864. The van der Waals surface area contributed by atoms with Gasteiger partial charge in [-0.15, -0.1) is 0 Å². The van der Waals surface area contributed by atoms with Gasteiger partial charge in [-0.1, -0.05) is 25.1 Å². The smallest absolute Gasteiger partial charge is 0.251 e. The van der Waals surface area contributed by atoms with Gasteiger partial charge in [0, 0.05) is 25.1 Å². The number of hydrogen-bond donors (Lipinski definition) is 1. The number of nitrogens with one attached hydrogen (secondary N) is 1. The minimum Gasteiger partial charge on any atom is -0.493 e. The number of carbonyl (C=O) groups excluding carboxylic acids is 2. The van der Waals surface area contributed by atoms with E-state index in [0.717, 1.165) is 30.5 Å². The van der Waals surface area contributed by atoms with Gasteiger partial charge in [-0.05, 0) is 48.2 Å². The zero-order chi connectivity index (χ0) is 20.8. The van der Waals surface area contributed by atoms with Crippen LogP contribution in [0.5, 0.6) is 11.5 Å². The lowest BCUT2D eigenvalue weighted by Gasteiger charge is -2.19. The fourth-order valence-corrected chi connectivity index (χ4v) is 3.59. The molecule has 29 heavy (non-hydrogen) atoms. The molecule has 1 N–H and O–H groups in total. The summed E-state index contributed by atoms with van der Waals surface area (Å²) in [6.45, 7) is 3.44. The van der Waals surface area contributed by atoms with Crippen LogP contribution < -0.4 is 14.8 Å². The number of hydrogen-bond acceptors (Lipinski definition) is 4. The van der Waals surface area contributed by atoms with E-state index in [0.29, 0.717) is 30.0 Å². The second-order valence-corrected chi connectivity index (χ2v) is 7.16. The van der Waals surface area contributed by atoms with Crippen LogP contribution in [0.3, 0.4) is 0 Å². The van der Waals surface area contributed by atoms with E-state index in [4.69, 9.17) is 9.47 Å². The summed E-state index contributed by atoms with van der Waals surface area (Å²) >= 11 is 0. The third-order valence-electron chi connectivity index (χ3n) is 5.28. The highest BCUT2D eigenvalue weighted by molar-refractivity contribution is 5.94. The Morgan fingerprint density at radius 2 is 1.83 bits per heavy atom. The van der Waals surface area contributed by atoms with Crippen molar-refractivity contribution >= 4 is 11.8 Å². The fourth-order valence-electron chi connectivity index (χ4n) is 3.59. The van der Waals surface area contributed by atoms with Crippen molar-refractivity contribution in [1.29, 1.82) is 0 Å². The van der Waals surface area contributed by atoms with Gasteiger partial charge >= 0.3 is 0 Å². The first-order valence-electron chi connectivity index (χ1n) is 9.95. The number of methoxy groups -OCH3 is 2. The number of nitrogens with zero attached hydrogens (tertiary/aromatic N) is 1. The predicted molar refractivity (Wildman–Crippen MR) is 111 cm³/mol. The first kappa shape index (κ1) is 20.7. The van der Waals surface area contributed by atoms with Crippen molar-refractivity contribution < 1.29 is 19.1 Å². The molecule has 6 nitrogen and oxygen atoms in total. The summed E-state index contributed by atoms with van der Waals surface area (Å²) < 4.78 is 10.7. The highest BCUT2D eigenvalue weighted by atomic mass is 16.5. The molecule has 6 heteroatoms. The molecular weight excluding hydrogens is 368 g/mol. The molecule has 0 aliphatic carbocycles. The SMILES string of the molecule is CC[C@H](NC(=O)c1ccc(CN2CCCC2=O)cc1)c1ccc(OC)c(OC)c1. The van der Waals surface area contributed by atoms with Gasteiger partial charge in [0.2, 0.25) is 5.91 Å². The lowest BCUT2D eigenvalue weighted by molar-refractivity contribution is -0.128. The van der Waals surface area contributed by atoms with Crippen molar-refractivity contribution in [3.8, 4) is 11.5 Å². The van der Waals surface area contributed by atoms with Gasteiger partial charge in [-0.25, -0.2) is 0 Å². The molecule has 0 saturated carbocycles. The molecule has 2 aromatic carbocycles. The number of ether oxygens (including phenoxy) is 2. The normalized spacial score (nSPS) is 14.6. The van der Waals surface area contributed by atoms with Crippen molar-refractivity contribution in [2.75, 3.05) is 20.8 Å². The molecule has 0 bridgehead atoms. The molecule has 0 aromatic heterocycles. The summed E-state index contributed by atoms with van der Waals surface area (Å²) in [4.78, 5) is 26.4. The third kappa shape index (κ3) is 4.88. The van der Waals surface area contributed by atoms with Crippen LogP contribution in [0.15, 0.2) is 42.5 Å². The second-order valence-electron chi connectivity index (χ2n) is 7.16. The maximum Gasteiger partial charge on any atom is 0.251 e. The van der Waals surface area contributed by atoms with Crippen LogP contribution in [0, 0.1) is 0 Å². The van der Waals surface area contributed by atoms with E-state index in [1.165, 1.54) is 0 Å². The first-order valence-corrected chi connectivity index (χ1v) is 9.95. The fraction of sp³-hybridized carbons (Fsp3) is 0.391. The van der Waals surface area contributed by atoms with Gasteiger partial charge in [-0.2, -0.15) is 0 Å². The van der Waals surface area contributed by atoms with E-state index >= 15 is 0 Å². The Morgan fingerprint density at radius 1 is 1.10 bits per heavy atom. The summed E-state index contributed by atoms with van der Waals surface area (Å²) in [5.41, 5.74) is 2.59. The van der Waals surface area contributed by atoms with Crippen LogP contribution in [-0.4, -0.2) is 37.5 Å². The predicted octanol–water partition coefficient (Wildman–Crippen LogP) is 3.71. The summed E-state index contributed by atoms with van der Waals surface area (Å²) in [7, 11) is 3.19. The number of benzene rings is 2. The maximum atomic E-state index is 12.7. The number of rotatable bonds is 8. The summed E-state index contributed by atoms with van der Waals surface area (Å²) in [5.74, 6) is 1.37. The van der Waals surface area contributed by atoms with Gasteiger partial charge in [-0.3, -0.25) is 9.59 Å². The Kier molecular flexibility index (Phi) is 6.75. The van der Waals surface area contributed by atoms with Gasteiger partial charge in [0.25, 0.3) is 5.91 Å². The lowest BCUT2D eigenvalue weighted by atomic mass is 10.0. The lowest BCUT2D eigenvalue weighted by Crippen LogP contribution is -2.28. The minimum atomic E-state index is -0.135. The van der Waals surface area contributed by atoms with Crippen molar-refractivity contribution in [1.82, 2.24) is 10.2 Å². The molecule has 1 atom stereocenters. The topological polar surface area (TPSA) is 67.9 Å². The largest absolute Gasteiger partial charge is 0.493 e.